The highest BCUT2D eigenvalue weighted by Crippen LogP contribution is 2.34. The fourth-order valence-corrected chi connectivity index (χ4v) is 2.40. The number of fused-ring (bicyclic) bond motifs is 2. The van der Waals surface area contributed by atoms with Crippen molar-refractivity contribution >= 4 is 11.7 Å². The molecule has 0 aromatic rings. The molecule has 2 unspecified atom stereocenters. The van der Waals surface area contributed by atoms with E-state index in [9.17, 15) is 0 Å². The van der Waals surface area contributed by atoms with Crippen LogP contribution < -0.4 is 0 Å². The zero-order chi connectivity index (χ0) is 6.43. The summed E-state index contributed by atoms with van der Waals surface area (Å²) >= 11 is -0.620. The van der Waals surface area contributed by atoms with Crippen LogP contribution in [-0.4, -0.2) is 18.3 Å². The molecule has 0 aromatic carbocycles. The van der Waals surface area contributed by atoms with Gasteiger partial charge in [0.1, 0.15) is 0 Å². The Bertz CT molecular complexity index is 117. The van der Waals surface area contributed by atoms with E-state index >= 15 is 0 Å². The molecule has 2 atom stereocenters. The van der Waals surface area contributed by atoms with Gasteiger partial charge in [-0.3, -0.25) is 0 Å². The lowest BCUT2D eigenvalue weighted by Crippen LogP contribution is -2.32. The standard InChI is InChI=1S/C5H9O3S/c1-3-5-4(2)7-9(6-3)8-5/h3-5H,1-2H3/q+1. The molecule has 2 bridgehead atoms. The molecule has 2 aliphatic heterocycles. The fourth-order valence-electron chi connectivity index (χ4n) is 1.05. The summed E-state index contributed by atoms with van der Waals surface area (Å²) in [5.74, 6) is 0. The second-order valence-corrected chi connectivity index (χ2v) is 3.35. The van der Waals surface area contributed by atoms with E-state index < -0.39 is 11.7 Å². The number of hydrogen-bond acceptors (Lipinski definition) is 3. The van der Waals surface area contributed by atoms with E-state index in [1.165, 1.54) is 0 Å². The van der Waals surface area contributed by atoms with E-state index in [2.05, 4.69) is 0 Å². The summed E-state index contributed by atoms with van der Waals surface area (Å²) in [7, 11) is 0. The summed E-state index contributed by atoms with van der Waals surface area (Å²) in [5, 5.41) is 0. The van der Waals surface area contributed by atoms with Crippen molar-refractivity contribution in [1.29, 1.82) is 0 Å². The topological polar surface area (TPSA) is 27.7 Å². The molecule has 52 valence electrons. The summed E-state index contributed by atoms with van der Waals surface area (Å²) in [6.07, 6.45) is 0.613. The minimum atomic E-state index is -0.620. The van der Waals surface area contributed by atoms with Crippen LogP contribution in [0.2, 0.25) is 0 Å². The number of hydrogen-bond donors (Lipinski definition) is 0. The van der Waals surface area contributed by atoms with E-state index in [1.807, 2.05) is 13.8 Å². The van der Waals surface area contributed by atoms with Crippen LogP contribution in [0.15, 0.2) is 0 Å². The molecule has 2 heterocycles. The average molecular weight is 149 g/mol. The molecule has 0 N–H and O–H groups in total. The first-order valence-electron chi connectivity index (χ1n) is 3.03. The van der Waals surface area contributed by atoms with Crippen molar-refractivity contribution in [2.24, 2.45) is 0 Å². The molecule has 2 rings (SSSR count). The highest BCUT2D eigenvalue weighted by Gasteiger charge is 2.59. The van der Waals surface area contributed by atoms with Crippen molar-refractivity contribution in [1.82, 2.24) is 0 Å². The first-order chi connectivity index (χ1) is 4.27. The van der Waals surface area contributed by atoms with Crippen molar-refractivity contribution in [3.63, 3.8) is 0 Å². The van der Waals surface area contributed by atoms with Crippen LogP contribution in [0.5, 0.6) is 0 Å². The molecular weight excluding hydrogens is 140 g/mol. The Hall–Kier alpha value is 0.230. The van der Waals surface area contributed by atoms with E-state index in [1.54, 1.807) is 0 Å². The predicted molar refractivity (Wildman–Crippen MR) is 33.3 cm³/mol. The van der Waals surface area contributed by atoms with Gasteiger partial charge in [-0.05, 0) is 13.8 Å². The Morgan fingerprint density at radius 2 is 1.56 bits per heavy atom. The van der Waals surface area contributed by atoms with Crippen molar-refractivity contribution in [2.45, 2.75) is 32.2 Å². The Balaban J connectivity index is 2.13. The van der Waals surface area contributed by atoms with Gasteiger partial charge < -0.3 is 0 Å². The highest BCUT2D eigenvalue weighted by molar-refractivity contribution is 7.83. The van der Waals surface area contributed by atoms with Crippen LogP contribution in [-0.2, 0) is 24.3 Å². The zero-order valence-electron chi connectivity index (χ0n) is 5.37. The minimum Gasteiger partial charge on any atom is -0.103 e. The lowest BCUT2D eigenvalue weighted by Gasteiger charge is -2.08. The maximum absolute atomic E-state index is 5.28. The fraction of sp³-hybridized carbons (Fsp3) is 1.00. The summed E-state index contributed by atoms with van der Waals surface area (Å²) in [4.78, 5) is 0. The maximum atomic E-state index is 5.28. The molecule has 2 saturated heterocycles. The van der Waals surface area contributed by atoms with Crippen LogP contribution in [0.4, 0.5) is 0 Å². The SMILES string of the molecule is CC1O[S+]2OC(C)C1O2. The molecule has 0 aromatic heterocycles. The van der Waals surface area contributed by atoms with Gasteiger partial charge >= 0.3 is 11.7 Å². The van der Waals surface area contributed by atoms with Gasteiger partial charge in [-0.1, -0.05) is 4.18 Å². The van der Waals surface area contributed by atoms with E-state index in [-0.39, 0.29) is 18.3 Å². The molecule has 0 spiro atoms. The third-order valence-electron chi connectivity index (χ3n) is 1.58. The summed E-state index contributed by atoms with van der Waals surface area (Å²) in [6, 6.07) is 0. The Morgan fingerprint density at radius 1 is 1.00 bits per heavy atom. The molecular formula is C5H9O3S+. The van der Waals surface area contributed by atoms with Crippen molar-refractivity contribution in [3.8, 4) is 0 Å². The van der Waals surface area contributed by atoms with Crippen molar-refractivity contribution in [3.05, 3.63) is 0 Å². The Labute approximate surface area is 57.2 Å². The molecule has 0 aliphatic carbocycles. The first-order valence-corrected chi connectivity index (χ1v) is 4.03. The van der Waals surface area contributed by atoms with Gasteiger partial charge in [0, 0.05) is 0 Å². The normalized spacial score (nSPS) is 56.7. The molecule has 2 fully saturated rings. The highest BCUT2D eigenvalue weighted by atomic mass is 32.3. The summed E-state index contributed by atoms with van der Waals surface area (Å²) < 4.78 is 15.7. The average Bonchev–Trinajstić information content (AvgIpc) is 2.22. The number of rotatable bonds is 0. The summed E-state index contributed by atoms with van der Waals surface area (Å²) in [5.41, 5.74) is 0. The largest absolute Gasteiger partial charge is 0.509 e. The predicted octanol–water partition coefficient (Wildman–Crippen LogP) is 0.572. The monoisotopic (exact) mass is 149 g/mol. The van der Waals surface area contributed by atoms with E-state index in [0.717, 1.165) is 0 Å². The third-order valence-corrected chi connectivity index (χ3v) is 2.88. The quantitative estimate of drug-likeness (QED) is 0.471. The van der Waals surface area contributed by atoms with Gasteiger partial charge in [0.2, 0.25) is 0 Å². The van der Waals surface area contributed by atoms with Crippen LogP contribution in [0.3, 0.4) is 0 Å². The lowest BCUT2D eigenvalue weighted by molar-refractivity contribution is 0.0675. The smallest absolute Gasteiger partial charge is 0.103 e. The molecule has 0 amide bonds. The molecule has 9 heavy (non-hydrogen) atoms. The van der Waals surface area contributed by atoms with E-state index in [0.29, 0.717) is 0 Å². The molecule has 4 heteroatoms. The van der Waals surface area contributed by atoms with Crippen LogP contribution in [0, 0.1) is 0 Å². The molecule has 0 radical (unpaired) electrons. The Kier molecular flexibility index (Phi) is 1.23. The van der Waals surface area contributed by atoms with Crippen LogP contribution >= 0.6 is 0 Å². The third kappa shape index (κ3) is 0.781. The maximum Gasteiger partial charge on any atom is 0.509 e. The first kappa shape index (κ1) is 5.97. The van der Waals surface area contributed by atoms with E-state index in [4.69, 9.17) is 12.5 Å². The van der Waals surface area contributed by atoms with Crippen molar-refractivity contribution in [2.75, 3.05) is 0 Å². The zero-order valence-corrected chi connectivity index (χ0v) is 6.18. The second kappa shape index (κ2) is 1.85. The van der Waals surface area contributed by atoms with Gasteiger partial charge in [0.05, 0.1) is 0 Å². The van der Waals surface area contributed by atoms with Gasteiger partial charge in [-0.25, -0.2) is 0 Å². The second-order valence-electron chi connectivity index (χ2n) is 2.37. The minimum absolute atomic E-state index is 0.174. The van der Waals surface area contributed by atoms with Gasteiger partial charge in [0.25, 0.3) is 0 Å². The molecule has 0 saturated carbocycles. The van der Waals surface area contributed by atoms with Crippen LogP contribution in [0.1, 0.15) is 13.8 Å². The van der Waals surface area contributed by atoms with Crippen molar-refractivity contribution < 1.29 is 12.5 Å². The van der Waals surface area contributed by atoms with Crippen LogP contribution in [0.25, 0.3) is 0 Å². The molecule has 3 nitrogen and oxygen atoms in total. The van der Waals surface area contributed by atoms with Gasteiger partial charge in [-0.15, -0.1) is 8.37 Å². The Morgan fingerprint density at radius 3 is 1.78 bits per heavy atom. The van der Waals surface area contributed by atoms with Gasteiger partial charge in [0.15, 0.2) is 18.3 Å². The molecule has 2 aliphatic rings. The summed E-state index contributed by atoms with van der Waals surface area (Å²) in [6.45, 7) is 4.02. The van der Waals surface area contributed by atoms with Gasteiger partial charge in [-0.2, -0.15) is 0 Å². The lowest BCUT2D eigenvalue weighted by atomic mass is 10.1.